The van der Waals surface area contributed by atoms with Gasteiger partial charge in [0.05, 0.1) is 50.2 Å². The maximum atomic E-state index is 11.9. The van der Waals surface area contributed by atoms with Gasteiger partial charge in [-0.25, -0.2) is 15.0 Å². The first-order valence-electron chi connectivity index (χ1n) is 12.5. The predicted octanol–water partition coefficient (Wildman–Crippen LogP) is 3.60. The molecule has 4 rings (SSSR count). The highest BCUT2D eigenvalue weighted by atomic mass is 35.5. The zero-order chi connectivity index (χ0) is 27.9. The van der Waals surface area contributed by atoms with Gasteiger partial charge in [0, 0.05) is 49.0 Å². The van der Waals surface area contributed by atoms with Crippen LogP contribution in [0, 0.1) is 6.92 Å². The second-order valence-electron chi connectivity index (χ2n) is 8.94. The van der Waals surface area contributed by atoms with Crippen LogP contribution in [0.4, 0.5) is 11.8 Å². The molecule has 2 atom stereocenters. The Bertz CT molecular complexity index is 1330. The number of hydrogen-bond acceptors (Lipinski definition) is 10. The molecule has 0 radical (unpaired) electrons. The van der Waals surface area contributed by atoms with E-state index < -0.39 is 0 Å². The van der Waals surface area contributed by atoms with Crippen molar-refractivity contribution in [3.63, 3.8) is 0 Å². The Hall–Kier alpha value is -3.67. The molecule has 1 aliphatic heterocycles. The summed E-state index contributed by atoms with van der Waals surface area (Å²) in [7, 11) is 4.78. The van der Waals surface area contributed by atoms with Gasteiger partial charge in [-0.1, -0.05) is 18.2 Å². The smallest absolute Gasteiger partial charge is 0.243 e. The Morgan fingerprint density at radius 3 is 2.72 bits per heavy atom. The Balaban J connectivity index is 1.76. The molecule has 3 aromatic rings. The van der Waals surface area contributed by atoms with Crippen LogP contribution in [0.1, 0.15) is 12.0 Å². The minimum Gasteiger partial charge on any atom is -0.496 e. The number of carbonyl (C=O) groups excluding carboxylic acids is 1. The van der Waals surface area contributed by atoms with Gasteiger partial charge in [-0.3, -0.25) is 4.79 Å². The van der Waals surface area contributed by atoms with E-state index >= 15 is 0 Å². The fourth-order valence-electron chi connectivity index (χ4n) is 4.46. The summed E-state index contributed by atoms with van der Waals surface area (Å²) in [5.74, 6) is 1.80. The van der Waals surface area contributed by atoms with E-state index in [9.17, 15) is 4.79 Å². The summed E-state index contributed by atoms with van der Waals surface area (Å²) >= 11 is 6.75. The highest BCUT2D eigenvalue weighted by Crippen LogP contribution is 2.43. The van der Waals surface area contributed by atoms with E-state index in [0.717, 1.165) is 10.9 Å². The lowest BCUT2D eigenvalue weighted by Gasteiger charge is -2.32. The molecule has 0 saturated carbocycles. The van der Waals surface area contributed by atoms with Gasteiger partial charge >= 0.3 is 0 Å². The third-order valence-corrected chi connectivity index (χ3v) is 6.86. The van der Waals surface area contributed by atoms with E-state index in [0.29, 0.717) is 77.8 Å². The van der Waals surface area contributed by atoms with E-state index in [1.165, 1.54) is 6.08 Å². The number of rotatable bonds is 11. The molecule has 1 fully saturated rings. The van der Waals surface area contributed by atoms with Gasteiger partial charge in [0.2, 0.25) is 11.9 Å². The number of fused-ring (bicyclic) bond motifs is 1. The second-order valence-corrected chi connectivity index (χ2v) is 9.31. The monoisotopic (exact) mass is 556 g/mol. The zero-order valence-corrected chi connectivity index (χ0v) is 23.2. The number of methoxy groups -OCH3 is 3. The van der Waals surface area contributed by atoms with E-state index in [2.05, 4.69) is 27.5 Å². The molecule has 3 N–H and O–H groups in total. The molecule has 1 saturated heterocycles. The molecule has 208 valence electrons. The van der Waals surface area contributed by atoms with Gasteiger partial charge in [0.15, 0.2) is 5.82 Å². The number of hydrogen-bond donors (Lipinski definition) is 3. The van der Waals surface area contributed by atoms with Crippen LogP contribution in [0.2, 0.25) is 5.02 Å². The lowest BCUT2D eigenvalue weighted by atomic mass is 10.0. The van der Waals surface area contributed by atoms with Gasteiger partial charge in [0.1, 0.15) is 17.0 Å². The molecule has 1 aliphatic rings. The number of nitrogens with zero attached hydrogens (tertiary/aromatic N) is 3. The van der Waals surface area contributed by atoms with Crippen molar-refractivity contribution in [3.8, 4) is 22.8 Å². The van der Waals surface area contributed by atoms with E-state index in [-0.39, 0.29) is 18.0 Å². The average molecular weight is 557 g/mol. The van der Waals surface area contributed by atoms with Crippen LogP contribution in [-0.4, -0.2) is 80.6 Å². The normalized spacial score (nSPS) is 16.9. The molecule has 0 bridgehead atoms. The Kier molecular flexibility index (Phi) is 9.39. The van der Waals surface area contributed by atoms with Crippen molar-refractivity contribution in [3.05, 3.63) is 41.6 Å². The predicted molar refractivity (Wildman–Crippen MR) is 151 cm³/mol. The summed E-state index contributed by atoms with van der Waals surface area (Å²) in [5.41, 5.74) is 2.73. The number of amides is 1. The summed E-state index contributed by atoms with van der Waals surface area (Å²) in [6.45, 7) is 7.38. The standard InChI is InChI=1S/C27H33ClN6O5/c1-6-22(35)31-17-7-9-39-14-19(17)33-27-30-13-16-11-18(32-26(25(16)34-27)29-8-10-36-3)23-15(2)20(37-4)12-21(38-5)24(23)28/h6,11-13,17,19H,1,7-10,14H2,2-5H3,(H,29,32)(H,31,35)(H,30,33,34)/t17-,19+/m0/s1. The maximum Gasteiger partial charge on any atom is 0.243 e. The van der Waals surface area contributed by atoms with Crippen molar-refractivity contribution in [1.82, 2.24) is 20.3 Å². The number of carbonyl (C=O) groups is 1. The molecule has 39 heavy (non-hydrogen) atoms. The van der Waals surface area contributed by atoms with Crippen LogP contribution in [0.25, 0.3) is 22.2 Å². The molecule has 3 heterocycles. The van der Waals surface area contributed by atoms with Crippen LogP contribution in [0.3, 0.4) is 0 Å². The van der Waals surface area contributed by atoms with Crippen molar-refractivity contribution in [2.45, 2.75) is 25.4 Å². The first-order valence-corrected chi connectivity index (χ1v) is 12.9. The maximum absolute atomic E-state index is 11.9. The summed E-state index contributed by atoms with van der Waals surface area (Å²) in [6, 6.07) is 3.25. The van der Waals surface area contributed by atoms with Gasteiger partial charge in [-0.05, 0) is 25.5 Å². The van der Waals surface area contributed by atoms with Crippen molar-refractivity contribution < 1.29 is 23.7 Å². The van der Waals surface area contributed by atoms with Crippen LogP contribution in [0.5, 0.6) is 11.5 Å². The number of nitrogens with one attached hydrogen (secondary N) is 3. The lowest BCUT2D eigenvalue weighted by Crippen LogP contribution is -2.52. The van der Waals surface area contributed by atoms with Crippen LogP contribution in [0.15, 0.2) is 31.0 Å². The highest BCUT2D eigenvalue weighted by molar-refractivity contribution is 6.35. The fourth-order valence-corrected chi connectivity index (χ4v) is 4.83. The van der Waals surface area contributed by atoms with Gasteiger partial charge in [-0.2, -0.15) is 0 Å². The number of benzene rings is 1. The molecule has 0 aliphatic carbocycles. The fraction of sp³-hybridized carbons (Fsp3) is 0.407. The minimum absolute atomic E-state index is 0.156. The molecule has 1 aromatic carbocycles. The molecule has 0 spiro atoms. The molecule has 11 nitrogen and oxygen atoms in total. The number of pyridine rings is 1. The van der Waals surface area contributed by atoms with Gasteiger partial charge in [0.25, 0.3) is 0 Å². The second kappa shape index (κ2) is 12.9. The number of aromatic nitrogens is 3. The summed E-state index contributed by atoms with van der Waals surface area (Å²) in [5, 5.41) is 10.8. The molecule has 12 heteroatoms. The minimum atomic E-state index is -0.238. The third kappa shape index (κ3) is 6.32. The SMILES string of the molecule is C=CC(=O)N[C@H]1CCOC[C@H]1Nc1ncc2cc(-c3c(C)c(OC)cc(OC)c3Cl)nc(NCCOC)c2n1. The number of anilines is 2. The van der Waals surface area contributed by atoms with Crippen molar-refractivity contribution in [2.24, 2.45) is 0 Å². The van der Waals surface area contributed by atoms with E-state index in [4.69, 9.17) is 40.5 Å². The zero-order valence-electron chi connectivity index (χ0n) is 22.5. The topological polar surface area (TPSA) is 129 Å². The molecular weight excluding hydrogens is 524 g/mol. The van der Waals surface area contributed by atoms with Crippen molar-refractivity contribution >= 4 is 40.2 Å². The first kappa shape index (κ1) is 28.3. The third-order valence-electron chi connectivity index (χ3n) is 6.49. The summed E-state index contributed by atoms with van der Waals surface area (Å²) in [4.78, 5) is 26.1. The lowest BCUT2D eigenvalue weighted by molar-refractivity contribution is -0.117. The Labute approximate surface area is 232 Å². The molecule has 1 amide bonds. The highest BCUT2D eigenvalue weighted by Gasteiger charge is 2.28. The molecular formula is C27H33ClN6O5. The number of halogens is 1. The first-order chi connectivity index (χ1) is 18.9. The Morgan fingerprint density at radius 1 is 1.21 bits per heavy atom. The van der Waals surface area contributed by atoms with Crippen LogP contribution in [-0.2, 0) is 14.3 Å². The number of ether oxygens (including phenoxy) is 4. The molecule has 0 unspecified atom stereocenters. The van der Waals surface area contributed by atoms with Crippen molar-refractivity contribution in [1.29, 1.82) is 0 Å². The van der Waals surface area contributed by atoms with E-state index in [1.54, 1.807) is 33.6 Å². The van der Waals surface area contributed by atoms with E-state index in [1.807, 2.05) is 13.0 Å². The summed E-state index contributed by atoms with van der Waals surface area (Å²) in [6.07, 6.45) is 3.63. The quantitative estimate of drug-likeness (QED) is 0.238. The van der Waals surface area contributed by atoms with Crippen LogP contribution < -0.4 is 25.4 Å². The largest absolute Gasteiger partial charge is 0.496 e. The molecule has 2 aromatic heterocycles. The van der Waals surface area contributed by atoms with Crippen LogP contribution >= 0.6 is 11.6 Å². The van der Waals surface area contributed by atoms with Crippen molar-refractivity contribution in [2.75, 3.05) is 58.3 Å². The van der Waals surface area contributed by atoms with Gasteiger partial charge < -0.3 is 34.9 Å². The summed E-state index contributed by atoms with van der Waals surface area (Å²) < 4.78 is 21.9. The Morgan fingerprint density at radius 2 is 2.00 bits per heavy atom. The van der Waals surface area contributed by atoms with Gasteiger partial charge in [-0.15, -0.1) is 0 Å². The average Bonchev–Trinajstić information content (AvgIpc) is 2.94.